The smallest absolute Gasteiger partial charge is 0.325 e. The monoisotopic (exact) mass is 277 g/mol. The molecule has 1 aromatic carbocycles. The second kappa shape index (κ2) is 5.94. The van der Waals surface area contributed by atoms with Gasteiger partial charge in [0.1, 0.15) is 12.3 Å². The molecule has 0 unspecified atom stereocenters. The van der Waals surface area contributed by atoms with Gasteiger partial charge in [-0.3, -0.25) is 9.59 Å². The molecule has 5 nitrogen and oxygen atoms in total. The highest BCUT2D eigenvalue weighted by Gasteiger charge is 2.34. The maximum absolute atomic E-state index is 12.5. The van der Waals surface area contributed by atoms with Gasteiger partial charge in [-0.05, 0) is 50.5 Å². The van der Waals surface area contributed by atoms with Crippen LogP contribution in [0, 0.1) is 6.92 Å². The Morgan fingerprint density at radius 1 is 1.40 bits per heavy atom. The van der Waals surface area contributed by atoms with Gasteiger partial charge >= 0.3 is 5.97 Å². The van der Waals surface area contributed by atoms with Gasteiger partial charge in [0.05, 0.1) is 6.61 Å². The molecule has 108 valence electrons. The third kappa shape index (κ3) is 3.29. The summed E-state index contributed by atoms with van der Waals surface area (Å²) >= 11 is 0. The number of rotatable bonds is 5. The summed E-state index contributed by atoms with van der Waals surface area (Å²) in [4.78, 5) is 25.6. The normalized spacial score (nSPS) is 13.9. The van der Waals surface area contributed by atoms with Gasteiger partial charge in [-0.15, -0.1) is 0 Å². The highest BCUT2D eigenvalue weighted by molar-refractivity contribution is 5.96. The van der Waals surface area contributed by atoms with E-state index in [2.05, 4.69) is 0 Å². The molecule has 5 heteroatoms. The lowest BCUT2D eigenvalue weighted by atomic mass is 10.1. The van der Waals surface area contributed by atoms with Crippen molar-refractivity contribution in [2.45, 2.75) is 32.7 Å². The third-order valence-electron chi connectivity index (χ3n) is 3.30. The number of aromatic hydroxyl groups is 1. The van der Waals surface area contributed by atoms with Crippen LogP contribution >= 0.6 is 0 Å². The maximum Gasteiger partial charge on any atom is 0.325 e. The summed E-state index contributed by atoms with van der Waals surface area (Å²) in [5.74, 6) is -0.420. The van der Waals surface area contributed by atoms with Crippen LogP contribution in [0.1, 0.15) is 35.7 Å². The Labute approximate surface area is 118 Å². The SMILES string of the molecule is CCOC(=O)CN(C(=O)c1ccc(O)c(C)c1)C1CC1. The van der Waals surface area contributed by atoms with E-state index in [9.17, 15) is 14.7 Å². The van der Waals surface area contributed by atoms with Gasteiger partial charge < -0.3 is 14.7 Å². The molecule has 0 bridgehead atoms. The molecule has 0 saturated heterocycles. The number of phenols is 1. The summed E-state index contributed by atoms with van der Waals surface area (Å²) in [5, 5.41) is 9.50. The first-order valence-corrected chi connectivity index (χ1v) is 6.79. The van der Waals surface area contributed by atoms with Gasteiger partial charge in [-0.1, -0.05) is 0 Å². The molecule has 2 rings (SSSR count). The molecule has 1 amide bonds. The van der Waals surface area contributed by atoms with Crippen molar-refractivity contribution < 1.29 is 19.4 Å². The standard InChI is InChI=1S/C15H19NO4/c1-3-20-14(18)9-16(12-5-6-12)15(19)11-4-7-13(17)10(2)8-11/h4,7-8,12,17H,3,5-6,9H2,1-2H3. The van der Waals surface area contributed by atoms with Crippen LogP contribution in [0.4, 0.5) is 0 Å². The predicted molar refractivity (Wildman–Crippen MR) is 73.5 cm³/mol. The molecule has 1 aromatic rings. The minimum atomic E-state index is -0.386. The molecule has 1 N–H and O–H groups in total. The summed E-state index contributed by atoms with van der Waals surface area (Å²) in [6.45, 7) is 3.77. The zero-order chi connectivity index (χ0) is 14.7. The van der Waals surface area contributed by atoms with Crippen LogP contribution in [0.2, 0.25) is 0 Å². The number of phenolic OH excluding ortho intramolecular Hbond substituents is 1. The molecule has 20 heavy (non-hydrogen) atoms. The van der Waals surface area contributed by atoms with Crippen LogP contribution in [0.3, 0.4) is 0 Å². The predicted octanol–water partition coefficient (Wildman–Crippen LogP) is 1.87. The average Bonchev–Trinajstić information content (AvgIpc) is 3.23. The first-order chi connectivity index (χ1) is 9.52. The molecule has 1 aliphatic carbocycles. The zero-order valence-corrected chi connectivity index (χ0v) is 11.8. The van der Waals surface area contributed by atoms with E-state index in [4.69, 9.17) is 4.74 Å². The number of ether oxygens (including phenoxy) is 1. The van der Waals surface area contributed by atoms with Gasteiger partial charge in [0, 0.05) is 11.6 Å². The van der Waals surface area contributed by atoms with E-state index in [0.29, 0.717) is 17.7 Å². The number of aryl methyl sites for hydroxylation is 1. The third-order valence-corrected chi connectivity index (χ3v) is 3.30. The molecule has 1 saturated carbocycles. The minimum Gasteiger partial charge on any atom is -0.508 e. The average molecular weight is 277 g/mol. The summed E-state index contributed by atoms with van der Waals surface area (Å²) in [5.41, 5.74) is 1.12. The summed E-state index contributed by atoms with van der Waals surface area (Å²) in [6.07, 6.45) is 1.84. The van der Waals surface area contributed by atoms with E-state index in [-0.39, 0.29) is 30.2 Å². The highest BCUT2D eigenvalue weighted by atomic mass is 16.5. The van der Waals surface area contributed by atoms with E-state index in [0.717, 1.165) is 12.8 Å². The summed E-state index contributed by atoms with van der Waals surface area (Å²) < 4.78 is 4.91. The van der Waals surface area contributed by atoms with Gasteiger partial charge in [-0.25, -0.2) is 0 Å². The molecular weight excluding hydrogens is 258 g/mol. The van der Waals surface area contributed by atoms with Crippen LogP contribution in [0.5, 0.6) is 5.75 Å². The Morgan fingerprint density at radius 2 is 2.10 bits per heavy atom. The van der Waals surface area contributed by atoms with Gasteiger partial charge in [0.15, 0.2) is 0 Å². The van der Waals surface area contributed by atoms with Gasteiger partial charge in [0.25, 0.3) is 5.91 Å². The van der Waals surface area contributed by atoms with E-state index < -0.39 is 0 Å². The lowest BCUT2D eigenvalue weighted by molar-refractivity contribution is -0.144. The van der Waals surface area contributed by atoms with Crippen molar-refractivity contribution in [2.75, 3.05) is 13.2 Å². The van der Waals surface area contributed by atoms with E-state index in [1.807, 2.05) is 0 Å². The second-order valence-electron chi connectivity index (χ2n) is 4.97. The quantitative estimate of drug-likeness (QED) is 0.834. The number of nitrogens with zero attached hydrogens (tertiary/aromatic N) is 1. The fraction of sp³-hybridized carbons (Fsp3) is 0.467. The Morgan fingerprint density at radius 3 is 2.65 bits per heavy atom. The van der Waals surface area contributed by atoms with Crippen molar-refractivity contribution in [1.29, 1.82) is 0 Å². The van der Waals surface area contributed by atoms with E-state index >= 15 is 0 Å². The lowest BCUT2D eigenvalue weighted by Gasteiger charge is -2.21. The van der Waals surface area contributed by atoms with Crippen LogP contribution < -0.4 is 0 Å². The van der Waals surface area contributed by atoms with Gasteiger partial charge in [0.2, 0.25) is 0 Å². The van der Waals surface area contributed by atoms with Crippen molar-refractivity contribution in [3.63, 3.8) is 0 Å². The molecule has 0 atom stereocenters. The lowest BCUT2D eigenvalue weighted by Crippen LogP contribution is -2.38. The molecule has 0 aliphatic heterocycles. The van der Waals surface area contributed by atoms with Crippen molar-refractivity contribution in [1.82, 2.24) is 4.90 Å². The first kappa shape index (κ1) is 14.4. The molecule has 0 spiro atoms. The number of carbonyl (C=O) groups is 2. The second-order valence-corrected chi connectivity index (χ2v) is 4.97. The number of benzene rings is 1. The Balaban J connectivity index is 2.14. The first-order valence-electron chi connectivity index (χ1n) is 6.79. The minimum absolute atomic E-state index is 0.0166. The number of amides is 1. The number of esters is 1. The fourth-order valence-electron chi connectivity index (χ4n) is 2.05. The molecule has 0 heterocycles. The van der Waals surface area contributed by atoms with Crippen LogP contribution in [0.15, 0.2) is 18.2 Å². The molecule has 0 radical (unpaired) electrons. The fourth-order valence-corrected chi connectivity index (χ4v) is 2.05. The zero-order valence-electron chi connectivity index (χ0n) is 11.8. The Bertz CT molecular complexity index is 523. The number of carbonyl (C=O) groups excluding carboxylic acids is 2. The molecule has 1 aliphatic rings. The van der Waals surface area contributed by atoms with Crippen molar-refractivity contribution in [2.24, 2.45) is 0 Å². The largest absolute Gasteiger partial charge is 0.508 e. The Hall–Kier alpha value is -2.04. The molecule has 0 aromatic heterocycles. The summed E-state index contributed by atoms with van der Waals surface area (Å²) in [6, 6.07) is 4.84. The maximum atomic E-state index is 12.5. The molecule has 1 fully saturated rings. The van der Waals surface area contributed by atoms with E-state index in [1.165, 1.54) is 6.07 Å². The topological polar surface area (TPSA) is 66.8 Å². The molecular formula is C15H19NO4. The summed E-state index contributed by atoms with van der Waals surface area (Å²) in [7, 11) is 0. The highest BCUT2D eigenvalue weighted by Crippen LogP contribution is 2.29. The number of hydrogen-bond donors (Lipinski definition) is 1. The van der Waals surface area contributed by atoms with Crippen molar-refractivity contribution in [3.8, 4) is 5.75 Å². The van der Waals surface area contributed by atoms with Crippen molar-refractivity contribution in [3.05, 3.63) is 29.3 Å². The van der Waals surface area contributed by atoms with Crippen LogP contribution in [-0.2, 0) is 9.53 Å². The van der Waals surface area contributed by atoms with Crippen molar-refractivity contribution >= 4 is 11.9 Å². The Kier molecular flexibility index (Phi) is 4.27. The number of hydrogen-bond acceptors (Lipinski definition) is 4. The van der Waals surface area contributed by atoms with Gasteiger partial charge in [-0.2, -0.15) is 0 Å². The van der Waals surface area contributed by atoms with E-state index in [1.54, 1.807) is 30.9 Å². The van der Waals surface area contributed by atoms with Crippen LogP contribution in [-0.4, -0.2) is 41.1 Å². The van der Waals surface area contributed by atoms with Crippen LogP contribution in [0.25, 0.3) is 0 Å².